The van der Waals surface area contributed by atoms with Crippen molar-refractivity contribution in [3.05, 3.63) is 108 Å². The van der Waals surface area contributed by atoms with Gasteiger partial charge in [-0.15, -0.1) is 12.4 Å². The van der Waals surface area contributed by atoms with Crippen LogP contribution in [0.3, 0.4) is 0 Å². The van der Waals surface area contributed by atoms with Crippen LogP contribution in [0.4, 0.5) is 5.82 Å². The van der Waals surface area contributed by atoms with Crippen molar-refractivity contribution < 1.29 is 19.5 Å². The number of carboxylic acid groups (broad SMARTS) is 1. The second-order valence-corrected chi connectivity index (χ2v) is 10.3. The number of hydrogen-bond donors (Lipinski definition) is 4. The van der Waals surface area contributed by atoms with Crippen LogP contribution < -0.4 is 16.4 Å². The lowest BCUT2D eigenvalue weighted by atomic mass is 9.84. The van der Waals surface area contributed by atoms with Gasteiger partial charge in [-0.05, 0) is 53.6 Å². The highest BCUT2D eigenvalue weighted by Gasteiger charge is 2.36. The van der Waals surface area contributed by atoms with E-state index in [0.29, 0.717) is 18.8 Å². The highest BCUT2D eigenvalue weighted by molar-refractivity contribution is 6.01. The molecule has 218 valence electrons. The molecule has 0 aliphatic carbocycles. The predicted octanol–water partition coefficient (Wildman–Crippen LogP) is 3.72. The Hall–Kier alpha value is -4.31. The van der Waals surface area contributed by atoms with Crippen molar-refractivity contribution in [1.82, 2.24) is 20.5 Å². The molecule has 2 heterocycles. The van der Waals surface area contributed by atoms with Crippen LogP contribution in [-0.2, 0) is 20.9 Å². The number of carbonyl (C=O) groups excluding carboxylic acids is 2. The van der Waals surface area contributed by atoms with E-state index in [9.17, 15) is 19.5 Å². The molecule has 1 aliphatic heterocycles. The van der Waals surface area contributed by atoms with Crippen molar-refractivity contribution >= 4 is 46.8 Å². The van der Waals surface area contributed by atoms with Crippen LogP contribution >= 0.6 is 12.4 Å². The zero-order valence-corrected chi connectivity index (χ0v) is 23.8. The Bertz CT molecular complexity index is 1500. The number of rotatable bonds is 10. The molecular formula is C32H34ClN5O4. The number of nitrogens with one attached hydrogen (secondary N) is 2. The summed E-state index contributed by atoms with van der Waals surface area (Å²) in [6.45, 7) is 0.835. The van der Waals surface area contributed by atoms with Crippen LogP contribution in [0, 0.1) is 0 Å². The van der Waals surface area contributed by atoms with Crippen LogP contribution in [0.25, 0.3) is 10.8 Å². The van der Waals surface area contributed by atoms with E-state index in [-0.39, 0.29) is 18.3 Å². The molecule has 1 aromatic heterocycles. The molecule has 1 fully saturated rings. The monoisotopic (exact) mass is 587 g/mol. The Balaban J connectivity index is 0.00000405. The fourth-order valence-corrected chi connectivity index (χ4v) is 5.64. The summed E-state index contributed by atoms with van der Waals surface area (Å²) < 4.78 is 0. The number of nitrogens with zero attached hydrogens (tertiary/aromatic N) is 2. The maximum absolute atomic E-state index is 13.7. The zero-order valence-electron chi connectivity index (χ0n) is 23.0. The van der Waals surface area contributed by atoms with Crippen LogP contribution in [0.2, 0.25) is 0 Å². The molecule has 0 unspecified atom stereocenters. The van der Waals surface area contributed by atoms with E-state index in [4.69, 9.17) is 5.73 Å². The van der Waals surface area contributed by atoms with Gasteiger partial charge in [-0.25, -0.2) is 4.98 Å². The third-order valence-corrected chi connectivity index (χ3v) is 7.56. The summed E-state index contributed by atoms with van der Waals surface area (Å²) in [7, 11) is 0. The maximum atomic E-state index is 13.7. The van der Waals surface area contributed by atoms with Crippen LogP contribution in [0.5, 0.6) is 0 Å². The van der Waals surface area contributed by atoms with Gasteiger partial charge in [0, 0.05) is 24.0 Å². The minimum absolute atomic E-state index is 0. The highest BCUT2D eigenvalue weighted by Crippen LogP contribution is 2.29. The maximum Gasteiger partial charge on any atom is 0.317 e. The summed E-state index contributed by atoms with van der Waals surface area (Å²) in [6, 6.07) is 25.2. The minimum atomic E-state index is -1.09. The lowest BCUT2D eigenvalue weighted by Crippen LogP contribution is -2.54. The molecule has 4 aromatic rings. The van der Waals surface area contributed by atoms with Gasteiger partial charge in [0.1, 0.15) is 5.82 Å². The van der Waals surface area contributed by atoms with Crippen LogP contribution in [-0.4, -0.2) is 57.9 Å². The largest absolute Gasteiger partial charge is 0.480 e. The number of fused-ring (bicyclic) bond motifs is 1. The van der Waals surface area contributed by atoms with Crippen LogP contribution in [0.15, 0.2) is 91.1 Å². The van der Waals surface area contributed by atoms with Gasteiger partial charge in [0.15, 0.2) is 0 Å². The van der Waals surface area contributed by atoms with Gasteiger partial charge >= 0.3 is 5.97 Å². The number of aliphatic carboxylic acids is 1. The Morgan fingerprint density at radius 3 is 2.29 bits per heavy atom. The Labute approximate surface area is 250 Å². The number of nitrogen functional groups attached to an aromatic ring is 1. The number of amides is 2. The number of hydrogen-bond acceptors (Lipinski definition) is 7. The van der Waals surface area contributed by atoms with Crippen molar-refractivity contribution in [3.63, 3.8) is 0 Å². The first-order chi connectivity index (χ1) is 19.9. The average molecular weight is 588 g/mol. The molecule has 3 aromatic carbocycles. The first-order valence-corrected chi connectivity index (χ1v) is 13.7. The molecule has 2 amide bonds. The van der Waals surface area contributed by atoms with Crippen molar-refractivity contribution in [2.24, 2.45) is 0 Å². The Morgan fingerprint density at radius 1 is 0.976 bits per heavy atom. The number of carbonyl (C=O) groups is 3. The first-order valence-electron chi connectivity index (χ1n) is 13.7. The first kappa shape index (κ1) is 30.6. The van der Waals surface area contributed by atoms with Crippen molar-refractivity contribution in [2.75, 3.05) is 18.8 Å². The van der Waals surface area contributed by atoms with E-state index in [2.05, 4.69) is 20.5 Å². The molecule has 10 heteroatoms. The topological polar surface area (TPSA) is 138 Å². The van der Waals surface area contributed by atoms with Gasteiger partial charge in [-0.1, -0.05) is 72.8 Å². The molecule has 1 saturated heterocycles. The summed E-state index contributed by atoms with van der Waals surface area (Å²) in [5, 5.41) is 16.8. The lowest BCUT2D eigenvalue weighted by molar-refractivity contribution is -0.136. The Morgan fingerprint density at radius 2 is 1.64 bits per heavy atom. The number of likely N-dealkylation sites (tertiary alicyclic amines) is 1. The minimum Gasteiger partial charge on any atom is -0.480 e. The van der Waals surface area contributed by atoms with Gasteiger partial charge < -0.3 is 10.8 Å². The van der Waals surface area contributed by atoms with Gasteiger partial charge in [0.2, 0.25) is 11.8 Å². The van der Waals surface area contributed by atoms with E-state index < -0.39 is 36.4 Å². The number of nitrogens with two attached hydrogens (primary N) is 1. The summed E-state index contributed by atoms with van der Waals surface area (Å²) >= 11 is 0. The molecule has 0 spiro atoms. The van der Waals surface area contributed by atoms with Gasteiger partial charge in [0.25, 0.3) is 0 Å². The molecular weight excluding hydrogens is 554 g/mol. The molecule has 0 radical (unpaired) electrons. The number of carboxylic acids is 1. The summed E-state index contributed by atoms with van der Waals surface area (Å²) in [5.41, 5.74) is 8.69. The molecule has 5 rings (SSSR count). The summed E-state index contributed by atoms with van der Waals surface area (Å²) in [5.74, 6) is -2.08. The second-order valence-electron chi connectivity index (χ2n) is 10.3. The van der Waals surface area contributed by atoms with Gasteiger partial charge in [-0.3, -0.25) is 29.9 Å². The van der Waals surface area contributed by atoms with Gasteiger partial charge in [0.05, 0.1) is 18.6 Å². The van der Waals surface area contributed by atoms with E-state index >= 15 is 0 Å². The number of aromatic nitrogens is 1. The van der Waals surface area contributed by atoms with Gasteiger partial charge in [-0.2, -0.15) is 0 Å². The normalized spacial score (nSPS) is 15.7. The molecule has 1 aliphatic rings. The average Bonchev–Trinajstić information content (AvgIpc) is 3.44. The van der Waals surface area contributed by atoms with Crippen molar-refractivity contribution in [3.8, 4) is 0 Å². The van der Waals surface area contributed by atoms with E-state index in [1.165, 1.54) is 0 Å². The third kappa shape index (κ3) is 7.12. The molecule has 0 bridgehead atoms. The predicted molar refractivity (Wildman–Crippen MR) is 164 cm³/mol. The SMILES string of the molecule is Cl.Nc1nccc2cc(CN3CCC[C@H]3C(=O)NC(=O)[C@H](NCC(=O)O)C(c3ccccc3)c3ccccc3)ccc12. The molecule has 9 nitrogen and oxygen atoms in total. The smallest absolute Gasteiger partial charge is 0.317 e. The number of pyridine rings is 1. The standard InChI is InChI=1S/C32H33N5O4.ClH/c33-30-25-14-13-21(18-24(25)15-16-34-30)20-37-17-7-12-26(37)31(40)36-32(41)29(35-19-27(38)39)28(22-8-3-1-4-9-22)23-10-5-2-6-11-23;/h1-6,8-11,13-16,18,26,28-29,35H,7,12,17,19-20H2,(H2,33,34)(H,38,39)(H,36,40,41);1H/t26-,29+;/m0./s1. The third-order valence-electron chi connectivity index (χ3n) is 7.56. The number of imide groups is 1. The number of benzene rings is 3. The number of halogens is 1. The second kappa shape index (κ2) is 14.0. The molecule has 0 saturated carbocycles. The number of anilines is 1. The summed E-state index contributed by atoms with van der Waals surface area (Å²) in [6.07, 6.45) is 3.12. The molecule has 5 N–H and O–H groups in total. The zero-order chi connectivity index (χ0) is 28.8. The highest BCUT2D eigenvalue weighted by atomic mass is 35.5. The molecule has 42 heavy (non-hydrogen) atoms. The summed E-state index contributed by atoms with van der Waals surface area (Å²) in [4.78, 5) is 44.9. The lowest BCUT2D eigenvalue weighted by Gasteiger charge is -2.29. The quantitative estimate of drug-likeness (QED) is 0.220. The van der Waals surface area contributed by atoms with E-state index in [0.717, 1.165) is 40.4 Å². The fourth-order valence-electron chi connectivity index (χ4n) is 5.64. The fraction of sp³-hybridized carbons (Fsp3) is 0.250. The van der Waals surface area contributed by atoms with E-state index in [1.807, 2.05) is 84.9 Å². The van der Waals surface area contributed by atoms with Crippen molar-refractivity contribution in [2.45, 2.75) is 37.4 Å². The van der Waals surface area contributed by atoms with E-state index in [1.54, 1.807) is 6.20 Å². The Kier molecular flexibility index (Phi) is 10.2. The molecule has 2 atom stereocenters. The van der Waals surface area contributed by atoms with Crippen molar-refractivity contribution in [1.29, 1.82) is 0 Å². The van der Waals surface area contributed by atoms with Crippen LogP contribution in [0.1, 0.15) is 35.4 Å².